The van der Waals surface area contributed by atoms with E-state index in [-0.39, 0.29) is 0 Å². The minimum Gasteiger partial charge on any atom is -0.494 e. The molecule has 0 heterocycles. The van der Waals surface area contributed by atoms with Crippen molar-refractivity contribution < 1.29 is 14.6 Å². The molecule has 1 aromatic rings. The van der Waals surface area contributed by atoms with E-state index in [1.54, 1.807) is 0 Å². The van der Waals surface area contributed by atoms with E-state index in [9.17, 15) is 9.90 Å². The standard InChI is InChI=1S/C20H32N2O3/c1-5-8-14-20(24,15-9-6-2)19(23)22-21-16(4)17-10-12-18(13-11-17)25-7-3/h10-13,24H,5-9,14-15H2,1-4H3,(H,22,23)/b21-16+. The van der Waals surface area contributed by atoms with Crippen molar-refractivity contribution in [3.05, 3.63) is 29.8 Å². The molecule has 0 fully saturated rings. The number of hydrazone groups is 1. The van der Waals surface area contributed by atoms with Gasteiger partial charge in [-0.15, -0.1) is 0 Å². The first-order valence-electron chi connectivity index (χ1n) is 9.27. The van der Waals surface area contributed by atoms with Crippen molar-refractivity contribution in [3.63, 3.8) is 0 Å². The highest BCUT2D eigenvalue weighted by molar-refractivity contribution is 5.99. The lowest BCUT2D eigenvalue weighted by Gasteiger charge is -2.25. The zero-order chi connectivity index (χ0) is 18.7. The van der Waals surface area contributed by atoms with Crippen LogP contribution in [0, 0.1) is 0 Å². The second kappa shape index (κ2) is 10.9. The lowest BCUT2D eigenvalue weighted by Crippen LogP contribution is -2.45. The van der Waals surface area contributed by atoms with Crippen LogP contribution in [-0.4, -0.2) is 28.9 Å². The Morgan fingerprint density at radius 3 is 2.16 bits per heavy atom. The molecule has 0 spiro atoms. The lowest BCUT2D eigenvalue weighted by molar-refractivity contribution is -0.141. The average Bonchev–Trinajstić information content (AvgIpc) is 2.63. The van der Waals surface area contributed by atoms with E-state index >= 15 is 0 Å². The molecule has 0 aromatic heterocycles. The van der Waals surface area contributed by atoms with E-state index in [4.69, 9.17) is 4.74 Å². The number of carbonyl (C=O) groups is 1. The largest absolute Gasteiger partial charge is 0.494 e. The third-order valence-corrected chi connectivity index (χ3v) is 4.22. The fourth-order valence-electron chi connectivity index (χ4n) is 2.55. The molecule has 0 aliphatic heterocycles. The first-order valence-corrected chi connectivity index (χ1v) is 9.27. The van der Waals surface area contributed by atoms with Gasteiger partial charge in [0.1, 0.15) is 11.4 Å². The third-order valence-electron chi connectivity index (χ3n) is 4.22. The first kappa shape index (κ1) is 21.2. The second-order valence-corrected chi connectivity index (χ2v) is 6.33. The zero-order valence-corrected chi connectivity index (χ0v) is 16.0. The van der Waals surface area contributed by atoms with Crippen molar-refractivity contribution in [3.8, 4) is 5.75 Å². The van der Waals surface area contributed by atoms with Gasteiger partial charge in [-0.25, -0.2) is 5.43 Å². The highest BCUT2D eigenvalue weighted by Crippen LogP contribution is 2.22. The van der Waals surface area contributed by atoms with Gasteiger partial charge in [-0.05, 0) is 56.5 Å². The molecule has 5 heteroatoms. The van der Waals surface area contributed by atoms with Crippen LogP contribution in [0.1, 0.15) is 71.8 Å². The van der Waals surface area contributed by atoms with Gasteiger partial charge >= 0.3 is 0 Å². The molecule has 140 valence electrons. The maximum absolute atomic E-state index is 12.5. The Morgan fingerprint density at radius 2 is 1.68 bits per heavy atom. The van der Waals surface area contributed by atoms with Crippen molar-refractivity contribution >= 4 is 11.6 Å². The summed E-state index contributed by atoms with van der Waals surface area (Å²) in [6, 6.07) is 7.55. The predicted molar refractivity (Wildman–Crippen MR) is 102 cm³/mol. The zero-order valence-electron chi connectivity index (χ0n) is 16.0. The molecular weight excluding hydrogens is 316 g/mol. The molecule has 2 N–H and O–H groups in total. The summed E-state index contributed by atoms with van der Waals surface area (Å²) in [6.07, 6.45) is 4.44. The van der Waals surface area contributed by atoms with Crippen molar-refractivity contribution in [2.24, 2.45) is 5.10 Å². The maximum atomic E-state index is 12.5. The second-order valence-electron chi connectivity index (χ2n) is 6.33. The quantitative estimate of drug-likeness (QED) is 0.468. The lowest BCUT2D eigenvalue weighted by atomic mass is 9.90. The van der Waals surface area contributed by atoms with E-state index < -0.39 is 11.5 Å². The Morgan fingerprint density at radius 1 is 1.12 bits per heavy atom. The molecule has 0 bridgehead atoms. The third kappa shape index (κ3) is 6.86. The normalized spacial score (nSPS) is 12.1. The van der Waals surface area contributed by atoms with E-state index in [1.165, 1.54) is 0 Å². The Bertz CT molecular complexity index is 545. The van der Waals surface area contributed by atoms with Crippen LogP contribution in [0.4, 0.5) is 0 Å². The Hall–Kier alpha value is -1.88. The van der Waals surface area contributed by atoms with E-state index in [1.807, 2.05) is 52.0 Å². The van der Waals surface area contributed by atoms with Crippen molar-refractivity contribution in [1.82, 2.24) is 5.43 Å². The van der Waals surface area contributed by atoms with Crippen LogP contribution in [0.2, 0.25) is 0 Å². The molecule has 0 aliphatic rings. The molecule has 0 aliphatic carbocycles. The van der Waals surface area contributed by atoms with Gasteiger partial charge in [-0.2, -0.15) is 5.10 Å². The van der Waals surface area contributed by atoms with E-state index in [2.05, 4.69) is 10.5 Å². The molecule has 0 unspecified atom stereocenters. The highest BCUT2D eigenvalue weighted by Gasteiger charge is 2.34. The number of unbranched alkanes of at least 4 members (excludes halogenated alkanes) is 2. The van der Waals surface area contributed by atoms with Crippen molar-refractivity contribution in [1.29, 1.82) is 0 Å². The van der Waals surface area contributed by atoms with Gasteiger partial charge in [0.15, 0.2) is 0 Å². The molecule has 1 amide bonds. The summed E-state index contributed by atoms with van der Waals surface area (Å²) in [4.78, 5) is 12.5. The number of amides is 1. The number of carbonyl (C=O) groups excluding carboxylic acids is 1. The fraction of sp³-hybridized carbons (Fsp3) is 0.600. The smallest absolute Gasteiger partial charge is 0.271 e. The van der Waals surface area contributed by atoms with Crippen molar-refractivity contribution in [2.75, 3.05) is 6.61 Å². The number of nitrogens with zero attached hydrogens (tertiary/aromatic N) is 1. The minimum absolute atomic E-state index is 0.417. The monoisotopic (exact) mass is 348 g/mol. The van der Waals surface area contributed by atoms with Gasteiger partial charge in [-0.3, -0.25) is 4.79 Å². The summed E-state index contributed by atoms with van der Waals surface area (Å²) in [5, 5.41) is 14.9. The molecule has 0 saturated heterocycles. The van der Waals surface area contributed by atoms with Crippen LogP contribution in [0.3, 0.4) is 0 Å². The first-order chi connectivity index (χ1) is 12.0. The fourth-order valence-corrected chi connectivity index (χ4v) is 2.55. The van der Waals surface area contributed by atoms with E-state index in [0.29, 0.717) is 25.2 Å². The molecule has 5 nitrogen and oxygen atoms in total. The molecule has 0 atom stereocenters. The Labute approximate surface area is 151 Å². The number of nitrogens with one attached hydrogen (secondary N) is 1. The van der Waals surface area contributed by atoms with Gasteiger partial charge in [0, 0.05) is 0 Å². The number of hydrogen-bond acceptors (Lipinski definition) is 4. The van der Waals surface area contributed by atoms with Crippen LogP contribution in [-0.2, 0) is 4.79 Å². The van der Waals surface area contributed by atoms with Gasteiger partial charge in [0.05, 0.1) is 12.3 Å². The summed E-state index contributed by atoms with van der Waals surface area (Å²) >= 11 is 0. The average molecular weight is 348 g/mol. The van der Waals surface area contributed by atoms with Gasteiger partial charge in [0.25, 0.3) is 5.91 Å². The Kier molecular flexibility index (Phi) is 9.21. The van der Waals surface area contributed by atoms with Crippen LogP contribution in [0.5, 0.6) is 5.75 Å². The molecule has 1 rings (SSSR count). The van der Waals surface area contributed by atoms with Crippen molar-refractivity contribution in [2.45, 2.75) is 71.8 Å². The predicted octanol–water partition coefficient (Wildman–Crippen LogP) is 4.04. The SMILES string of the molecule is CCCCC(O)(CCCC)C(=O)N/N=C(\C)c1ccc(OCC)cc1. The summed E-state index contributed by atoms with van der Waals surface area (Å²) in [5.41, 5.74) is 2.79. The molecule has 0 saturated carbocycles. The maximum Gasteiger partial charge on any atom is 0.271 e. The van der Waals surface area contributed by atoms with Crippen LogP contribution < -0.4 is 10.2 Å². The number of aliphatic hydroxyl groups is 1. The number of rotatable bonds is 11. The summed E-state index contributed by atoms with van der Waals surface area (Å²) < 4.78 is 5.42. The number of hydrogen-bond donors (Lipinski definition) is 2. The van der Waals surface area contributed by atoms with E-state index in [0.717, 1.165) is 37.0 Å². The summed E-state index contributed by atoms with van der Waals surface area (Å²) in [5.74, 6) is 0.385. The van der Waals surface area contributed by atoms with Crippen LogP contribution in [0.25, 0.3) is 0 Å². The molecule has 1 aromatic carbocycles. The minimum atomic E-state index is -1.34. The summed E-state index contributed by atoms with van der Waals surface area (Å²) in [6.45, 7) is 8.48. The van der Waals surface area contributed by atoms with Gasteiger partial charge in [-0.1, -0.05) is 39.5 Å². The highest BCUT2D eigenvalue weighted by atomic mass is 16.5. The molecule has 25 heavy (non-hydrogen) atoms. The molecular formula is C20H32N2O3. The van der Waals surface area contributed by atoms with Crippen LogP contribution in [0.15, 0.2) is 29.4 Å². The number of benzene rings is 1. The van der Waals surface area contributed by atoms with Gasteiger partial charge in [0.2, 0.25) is 0 Å². The van der Waals surface area contributed by atoms with Gasteiger partial charge < -0.3 is 9.84 Å². The Balaban J connectivity index is 2.76. The van der Waals surface area contributed by atoms with Crippen LogP contribution >= 0.6 is 0 Å². The number of ether oxygens (including phenoxy) is 1. The summed E-state index contributed by atoms with van der Waals surface area (Å²) in [7, 11) is 0. The topological polar surface area (TPSA) is 70.9 Å². The molecule has 0 radical (unpaired) electrons.